The van der Waals surface area contributed by atoms with Crippen molar-refractivity contribution in [3.8, 4) is 0 Å². The van der Waals surface area contributed by atoms with Gasteiger partial charge in [0.2, 0.25) is 5.91 Å². The molecule has 3 unspecified atom stereocenters. The van der Waals surface area contributed by atoms with Crippen molar-refractivity contribution in [2.75, 3.05) is 40.9 Å². The smallest absolute Gasteiger partial charge is 0.306 e. The van der Waals surface area contributed by atoms with Gasteiger partial charge in [-0.2, -0.15) is 0 Å². The van der Waals surface area contributed by atoms with Gasteiger partial charge in [-0.15, -0.1) is 0 Å². The topological polar surface area (TPSA) is 114 Å². The minimum Gasteiger partial charge on any atom is -0.756 e. The quantitative estimate of drug-likeness (QED) is 0.0212. The summed E-state index contributed by atoms with van der Waals surface area (Å²) < 4.78 is 30.5. The van der Waals surface area contributed by atoms with Gasteiger partial charge < -0.3 is 28.5 Å². The van der Waals surface area contributed by atoms with Gasteiger partial charge in [-0.1, -0.05) is 303 Å². The first kappa shape index (κ1) is 85.4. The molecule has 0 radical (unpaired) electrons. The summed E-state index contributed by atoms with van der Waals surface area (Å²) in [7, 11) is 1.17. The van der Waals surface area contributed by atoms with E-state index in [1.807, 2.05) is 33.3 Å². The number of likely N-dealkylation sites (N-methyl/N-ethyl adjacent to an activating group) is 1. The first-order valence-electron chi connectivity index (χ1n) is 36.8. The Morgan fingerprint density at radius 2 is 0.719 bits per heavy atom. The summed E-state index contributed by atoms with van der Waals surface area (Å²) in [6, 6.07) is -0.903. The van der Waals surface area contributed by atoms with Gasteiger partial charge in [-0.05, 0) is 122 Å². The van der Waals surface area contributed by atoms with Crippen LogP contribution in [0.15, 0.2) is 122 Å². The molecule has 0 aliphatic heterocycles. The summed E-state index contributed by atoms with van der Waals surface area (Å²) >= 11 is 0. The van der Waals surface area contributed by atoms with Crippen molar-refractivity contribution < 1.29 is 37.3 Å². The highest BCUT2D eigenvalue weighted by Gasteiger charge is 2.27. The average molecular weight is 1260 g/mol. The van der Waals surface area contributed by atoms with Crippen LogP contribution in [0, 0.1) is 0 Å². The van der Waals surface area contributed by atoms with Crippen molar-refractivity contribution in [2.24, 2.45) is 0 Å². The second-order valence-corrected chi connectivity index (χ2v) is 27.1. The summed E-state index contributed by atoms with van der Waals surface area (Å²) in [5, 5.41) is 3.04. The number of phosphoric acid groups is 1. The van der Waals surface area contributed by atoms with Crippen molar-refractivity contribution in [3.63, 3.8) is 0 Å². The lowest BCUT2D eigenvalue weighted by Crippen LogP contribution is -2.47. The Morgan fingerprint density at radius 1 is 0.404 bits per heavy atom. The van der Waals surface area contributed by atoms with Crippen molar-refractivity contribution in [2.45, 2.75) is 328 Å². The van der Waals surface area contributed by atoms with E-state index in [-0.39, 0.29) is 24.9 Å². The highest BCUT2D eigenvalue weighted by molar-refractivity contribution is 7.45. The standard InChI is InChI=1S/C79H139N2O7P/c1-7-10-13-16-19-22-25-28-30-32-34-36-38-39-40-41-43-45-47-49-51-54-57-60-63-66-69-72-79(83)88-77(70-67-64-61-58-55-52-27-24-21-18-15-12-9-3)76(75-87-89(84,85)86-74-73-81(4,5)6)80-78(82)71-68-65-62-59-56-53-50-48-46-44-42-37-35-33-31-29-26-23-20-17-14-11-8-2/h10,13,19-20,22-23,28-31,34-37,39-40,43,45,67,70,76-77H,7-9,11-12,14-18,21,24-27,32-33,38,41-42,44,46-66,68-69,71-75H2,1-6H3,(H-,80,82,84,85)/b13-10-,22-19-,23-20-,30-28-,31-29-,36-34-,37-35-,40-39-,45-43-,70-67+. The number of rotatable bonds is 66. The molecule has 89 heavy (non-hydrogen) atoms. The average Bonchev–Trinajstić information content (AvgIpc) is 3.63. The number of carbonyl (C=O) groups excluding carboxylic acids is 2. The highest BCUT2D eigenvalue weighted by Crippen LogP contribution is 2.38. The fourth-order valence-corrected chi connectivity index (χ4v) is 11.0. The van der Waals surface area contributed by atoms with Crippen LogP contribution < -0.4 is 10.2 Å². The first-order chi connectivity index (χ1) is 43.4. The number of esters is 1. The van der Waals surface area contributed by atoms with E-state index >= 15 is 0 Å². The van der Waals surface area contributed by atoms with E-state index in [1.165, 1.54) is 148 Å². The Hall–Kier alpha value is -3.59. The van der Waals surface area contributed by atoms with Gasteiger partial charge in [0.1, 0.15) is 19.3 Å². The molecule has 10 heteroatoms. The molecule has 9 nitrogen and oxygen atoms in total. The maximum atomic E-state index is 13.6. The third-order valence-electron chi connectivity index (χ3n) is 15.9. The Kier molecular flexibility index (Phi) is 64.6. The van der Waals surface area contributed by atoms with Crippen molar-refractivity contribution in [3.05, 3.63) is 122 Å². The van der Waals surface area contributed by atoms with Gasteiger partial charge in [-0.25, -0.2) is 0 Å². The molecule has 3 atom stereocenters. The number of unbranched alkanes of at least 4 members (excludes halogenated alkanes) is 32. The molecule has 0 spiro atoms. The summed E-state index contributed by atoms with van der Waals surface area (Å²) in [4.78, 5) is 40.3. The van der Waals surface area contributed by atoms with E-state index in [1.54, 1.807) is 0 Å². The van der Waals surface area contributed by atoms with E-state index in [2.05, 4.69) is 135 Å². The lowest BCUT2D eigenvalue weighted by atomic mass is 10.0. The fraction of sp³-hybridized carbons (Fsp3) is 0.722. The van der Waals surface area contributed by atoms with Gasteiger partial charge >= 0.3 is 5.97 Å². The number of ether oxygens (including phenoxy) is 1. The van der Waals surface area contributed by atoms with Crippen molar-refractivity contribution >= 4 is 19.7 Å². The predicted molar refractivity (Wildman–Crippen MR) is 385 cm³/mol. The van der Waals surface area contributed by atoms with Gasteiger partial charge in [0.25, 0.3) is 7.82 Å². The van der Waals surface area contributed by atoms with E-state index in [4.69, 9.17) is 13.8 Å². The van der Waals surface area contributed by atoms with E-state index in [9.17, 15) is 19.0 Å². The predicted octanol–water partition coefficient (Wildman–Crippen LogP) is 23.2. The number of amides is 1. The number of nitrogens with zero attached hydrogens (tertiary/aromatic N) is 1. The lowest BCUT2D eigenvalue weighted by molar-refractivity contribution is -0.870. The van der Waals surface area contributed by atoms with Crippen LogP contribution in [0.5, 0.6) is 0 Å². The van der Waals surface area contributed by atoms with Crippen LogP contribution in [0.1, 0.15) is 316 Å². The van der Waals surface area contributed by atoms with Crippen LogP contribution in [0.3, 0.4) is 0 Å². The third kappa shape index (κ3) is 68.6. The Bertz CT molecular complexity index is 1940. The normalized spacial score (nSPS) is 14.2. The zero-order chi connectivity index (χ0) is 64.9. The van der Waals surface area contributed by atoms with Crippen LogP contribution in [0.25, 0.3) is 0 Å². The molecule has 0 fully saturated rings. The maximum Gasteiger partial charge on any atom is 0.306 e. The first-order valence-corrected chi connectivity index (χ1v) is 38.3. The number of nitrogens with one attached hydrogen (secondary N) is 1. The van der Waals surface area contributed by atoms with E-state index in [0.717, 1.165) is 128 Å². The molecule has 1 amide bonds. The van der Waals surface area contributed by atoms with Crippen LogP contribution >= 0.6 is 7.82 Å². The number of carbonyl (C=O) groups is 2. The van der Waals surface area contributed by atoms with Crippen LogP contribution in [-0.4, -0.2) is 69.4 Å². The molecule has 0 aromatic rings. The molecule has 0 saturated heterocycles. The lowest BCUT2D eigenvalue weighted by Gasteiger charge is -2.30. The zero-order valence-electron chi connectivity index (χ0n) is 58.6. The van der Waals surface area contributed by atoms with Gasteiger partial charge in [-0.3, -0.25) is 14.2 Å². The largest absolute Gasteiger partial charge is 0.756 e. The molecule has 0 aliphatic carbocycles. The Labute approximate surface area is 550 Å². The molecule has 0 heterocycles. The fourth-order valence-electron chi connectivity index (χ4n) is 10.2. The van der Waals surface area contributed by atoms with Crippen molar-refractivity contribution in [1.29, 1.82) is 0 Å². The third-order valence-corrected chi connectivity index (χ3v) is 16.8. The number of hydrogen-bond acceptors (Lipinski definition) is 7. The minimum absolute atomic E-state index is 0.0298. The SMILES string of the molecule is CC/C=C\C/C=C\C/C=C\C/C=C\C/C=C\C/C=C\CCCCCCCCCCC(=O)OC(/C=C/CCCCCCCCCCCCC)C(COP(=O)([O-])OCC[N+](C)(C)C)NC(=O)CCCCCCCCCCCC/C=C\C/C=C\C/C=C\CCCCC. The molecule has 0 aromatic heterocycles. The second-order valence-electron chi connectivity index (χ2n) is 25.7. The monoisotopic (exact) mass is 1260 g/mol. The van der Waals surface area contributed by atoms with E-state index < -0.39 is 26.6 Å². The number of phosphoric ester groups is 1. The van der Waals surface area contributed by atoms with Gasteiger partial charge in [0.05, 0.1) is 33.8 Å². The Balaban J connectivity index is 5.11. The van der Waals surface area contributed by atoms with Crippen LogP contribution in [0.4, 0.5) is 0 Å². The van der Waals surface area contributed by atoms with Crippen molar-refractivity contribution in [1.82, 2.24) is 5.32 Å². The second kappa shape index (κ2) is 67.3. The van der Waals surface area contributed by atoms with Gasteiger partial charge in [0.15, 0.2) is 0 Å². The number of quaternary nitrogens is 1. The highest BCUT2D eigenvalue weighted by atomic mass is 31.2. The summed E-state index contributed by atoms with van der Waals surface area (Å²) in [5.41, 5.74) is 0. The maximum absolute atomic E-state index is 13.6. The zero-order valence-corrected chi connectivity index (χ0v) is 59.5. The molecule has 512 valence electrons. The molecule has 0 rings (SSSR count). The minimum atomic E-state index is -4.72. The molecular weight excluding hydrogens is 1120 g/mol. The van der Waals surface area contributed by atoms with Gasteiger partial charge in [0, 0.05) is 12.8 Å². The molecule has 1 N–H and O–H groups in total. The molecule has 0 bridgehead atoms. The summed E-state index contributed by atoms with van der Waals surface area (Å²) in [5.74, 6) is -0.554. The number of allylic oxidation sites excluding steroid dienone is 19. The molecule has 0 aliphatic rings. The van der Waals surface area contributed by atoms with E-state index in [0.29, 0.717) is 23.9 Å². The molecule has 0 aromatic carbocycles. The number of hydrogen-bond donors (Lipinski definition) is 1. The summed E-state index contributed by atoms with van der Waals surface area (Å²) in [6.45, 7) is 6.71. The molecule has 0 saturated carbocycles. The van der Waals surface area contributed by atoms with Crippen LogP contribution in [0.2, 0.25) is 0 Å². The summed E-state index contributed by atoms with van der Waals surface area (Å²) in [6.07, 6.45) is 94.6. The Morgan fingerprint density at radius 3 is 1.10 bits per heavy atom. The molecular formula is C79H139N2O7P. The van der Waals surface area contributed by atoms with Crippen LogP contribution in [-0.2, 0) is 27.9 Å².